The molecule has 0 spiro atoms. The van der Waals surface area contributed by atoms with E-state index < -0.39 is 0 Å². The predicted octanol–water partition coefficient (Wildman–Crippen LogP) is 4.22. The normalized spacial score (nSPS) is 17.4. The fraction of sp³-hybridized carbons (Fsp3) is 0.714. The average Bonchev–Trinajstić information content (AvgIpc) is 2.57. The van der Waals surface area contributed by atoms with Crippen molar-refractivity contribution in [2.45, 2.75) is 64.3 Å². The SMILES string of the molecule is CCCc1cc(Cl)nc(NC2CCCCCC2)n1. The molecule has 1 heterocycles. The van der Waals surface area contributed by atoms with E-state index in [2.05, 4.69) is 22.2 Å². The van der Waals surface area contributed by atoms with Gasteiger partial charge in [-0.25, -0.2) is 9.97 Å². The number of hydrogen-bond donors (Lipinski definition) is 1. The van der Waals surface area contributed by atoms with Crippen molar-refractivity contribution >= 4 is 17.5 Å². The second kappa shape index (κ2) is 6.93. The molecule has 1 aliphatic rings. The molecule has 1 aromatic heterocycles. The molecule has 18 heavy (non-hydrogen) atoms. The number of rotatable bonds is 4. The maximum Gasteiger partial charge on any atom is 0.224 e. The lowest BCUT2D eigenvalue weighted by atomic mass is 10.1. The first-order chi connectivity index (χ1) is 8.78. The fourth-order valence-electron chi connectivity index (χ4n) is 2.52. The zero-order valence-electron chi connectivity index (χ0n) is 11.1. The summed E-state index contributed by atoms with van der Waals surface area (Å²) in [5, 5.41) is 4.00. The van der Waals surface area contributed by atoms with Gasteiger partial charge >= 0.3 is 0 Å². The van der Waals surface area contributed by atoms with Crippen LogP contribution in [0, 0.1) is 0 Å². The fourth-order valence-corrected chi connectivity index (χ4v) is 2.73. The molecular weight excluding hydrogens is 246 g/mol. The van der Waals surface area contributed by atoms with E-state index in [0.29, 0.717) is 17.1 Å². The Morgan fingerprint density at radius 3 is 2.61 bits per heavy atom. The van der Waals surface area contributed by atoms with Crippen LogP contribution < -0.4 is 5.32 Å². The molecular formula is C14H22ClN3. The van der Waals surface area contributed by atoms with Gasteiger partial charge in [-0.1, -0.05) is 50.6 Å². The van der Waals surface area contributed by atoms with Crippen LogP contribution in [0.25, 0.3) is 0 Å². The Labute approximate surface area is 114 Å². The smallest absolute Gasteiger partial charge is 0.224 e. The van der Waals surface area contributed by atoms with Crippen molar-refractivity contribution in [3.63, 3.8) is 0 Å². The van der Waals surface area contributed by atoms with E-state index >= 15 is 0 Å². The van der Waals surface area contributed by atoms with Gasteiger partial charge in [0.2, 0.25) is 5.95 Å². The highest BCUT2D eigenvalue weighted by Gasteiger charge is 2.13. The third-order valence-electron chi connectivity index (χ3n) is 3.44. The highest BCUT2D eigenvalue weighted by Crippen LogP contribution is 2.20. The number of halogens is 1. The van der Waals surface area contributed by atoms with E-state index in [-0.39, 0.29) is 0 Å². The van der Waals surface area contributed by atoms with Gasteiger partial charge < -0.3 is 5.32 Å². The summed E-state index contributed by atoms with van der Waals surface area (Å²) in [5.74, 6) is 0.706. The minimum atomic E-state index is 0.514. The van der Waals surface area contributed by atoms with Crippen LogP contribution in [0.15, 0.2) is 6.07 Å². The van der Waals surface area contributed by atoms with E-state index in [1.807, 2.05) is 6.07 Å². The van der Waals surface area contributed by atoms with Crippen molar-refractivity contribution in [2.24, 2.45) is 0 Å². The monoisotopic (exact) mass is 267 g/mol. The quantitative estimate of drug-likeness (QED) is 0.656. The summed E-state index contributed by atoms with van der Waals surface area (Å²) in [6.45, 7) is 2.15. The molecule has 0 aliphatic heterocycles. The van der Waals surface area contributed by atoms with Crippen LogP contribution in [0.1, 0.15) is 57.6 Å². The summed E-state index contributed by atoms with van der Waals surface area (Å²) in [6, 6.07) is 2.38. The molecule has 4 heteroatoms. The Bertz CT molecular complexity index is 373. The molecule has 0 bridgehead atoms. The second-order valence-corrected chi connectivity index (χ2v) is 5.48. The van der Waals surface area contributed by atoms with Crippen molar-refractivity contribution in [1.29, 1.82) is 0 Å². The molecule has 1 fully saturated rings. The molecule has 100 valence electrons. The molecule has 1 saturated carbocycles. The van der Waals surface area contributed by atoms with Gasteiger partial charge in [0.15, 0.2) is 0 Å². The largest absolute Gasteiger partial charge is 0.351 e. The lowest BCUT2D eigenvalue weighted by Gasteiger charge is -2.16. The van der Waals surface area contributed by atoms with Crippen LogP contribution in [-0.2, 0) is 6.42 Å². The molecule has 1 N–H and O–H groups in total. The summed E-state index contributed by atoms with van der Waals surface area (Å²) in [4.78, 5) is 8.83. The molecule has 0 amide bonds. The van der Waals surface area contributed by atoms with E-state index in [0.717, 1.165) is 18.5 Å². The standard InChI is InChI=1S/C14H22ClN3/c1-2-7-12-10-13(15)18-14(17-12)16-11-8-5-3-4-6-9-11/h10-11H,2-9H2,1H3,(H,16,17,18). The third-order valence-corrected chi connectivity index (χ3v) is 3.64. The minimum absolute atomic E-state index is 0.514. The van der Waals surface area contributed by atoms with Crippen LogP contribution in [0.4, 0.5) is 5.95 Å². The zero-order chi connectivity index (χ0) is 12.8. The first-order valence-corrected chi connectivity index (χ1v) is 7.45. The van der Waals surface area contributed by atoms with Gasteiger partial charge in [-0.2, -0.15) is 0 Å². The van der Waals surface area contributed by atoms with Crippen molar-refractivity contribution in [3.05, 3.63) is 16.9 Å². The number of hydrogen-bond acceptors (Lipinski definition) is 3. The summed E-state index contributed by atoms with van der Waals surface area (Å²) in [6.07, 6.45) is 9.81. The molecule has 0 atom stereocenters. The minimum Gasteiger partial charge on any atom is -0.351 e. The lowest BCUT2D eigenvalue weighted by molar-refractivity contribution is 0.614. The van der Waals surface area contributed by atoms with Crippen LogP contribution >= 0.6 is 11.6 Å². The molecule has 0 saturated heterocycles. The van der Waals surface area contributed by atoms with E-state index in [9.17, 15) is 0 Å². The Hall–Kier alpha value is -0.830. The summed E-state index contributed by atoms with van der Waals surface area (Å²) in [7, 11) is 0. The first-order valence-electron chi connectivity index (χ1n) is 7.08. The Morgan fingerprint density at radius 2 is 1.94 bits per heavy atom. The molecule has 1 aliphatic carbocycles. The van der Waals surface area contributed by atoms with Gasteiger partial charge in [-0.15, -0.1) is 0 Å². The summed E-state index contributed by atoms with van der Waals surface area (Å²) < 4.78 is 0. The topological polar surface area (TPSA) is 37.8 Å². The third kappa shape index (κ3) is 4.13. The maximum absolute atomic E-state index is 6.04. The van der Waals surface area contributed by atoms with Gasteiger partial charge in [0.25, 0.3) is 0 Å². The van der Waals surface area contributed by atoms with Gasteiger partial charge in [0.05, 0.1) is 0 Å². The van der Waals surface area contributed by atoms with Crippen LogP contribution in [0.2, 0.25) is 5.15 Å². The van der Waals surface area contributed by atoms with Crippen LogP contribution in [-0.4, -0.2) is 16.0 Å². The Morgan fingerprint density at radius 1 is 1.22 bits per heavy atom. The van der Waals surface area contributed by atoms with Crippen molar-refractivity contribution in [3.8, 4) is 0 Å². The highest BCUT2D eigenvalue weighted by molar-refractivity contribution is 6.29. The summed E-state index contributed by atoms with van der Waals surface area (Å²) >= 11 is 6.04. The van der Waals surface area contributed by atoms with Gasteiger partial charge in [-0.3, -0.25) is 0 Å². The zero-order valence-corrected chi connectivity index (χ0v) is 11.8. The lowest BCUT2D eigenvalue weighted by Crippen LogP contribution is -2.20. The van der Waals surface area contributed by atoms with Crippen molar-refractivity contribution < 1.29 is 0 Å². The van der Waals surface area contributed by atoms with E-state index in [4.69, 9.17) is 11.6 Å². The molecule has 1 aromatic rings. The highest BCUT2D eigenvalue weighted by atomic mass is 35.5. The average molecular weight is 268 g/mol. The van der Waals surface area contributed by atoms with Gasteiger partial charge in [-0.05, 0) is 25.3 Å². The molecule has 0 unspecified atom stereocenters. The van der Waals surface area contributed by atoms with E-state index in [1.165, 1.54) is 38.5 Å². The van der Waals surface area contributed by atoms with Crippen molar-refractivity contribution in [2.75, 3.05) is 5.32 Å². The molecule has 0 radical (unpaired) electrons. The van der Waals surface area contributed by atoms with E-state index in [1.54, 1.807) is 0 Å². The number of nitrogens with zero attached hydrogens (tertiary/aromatic N) is 2. The molecule has 2 rings (SSSR count). The second-order valence-electron chi connectivity index (χ2n) is 5.09. The van der Waals surface area contributed by atoms with Gasteiger partial charge in [0, 0.05) is 11.7 Å². The van der Waals surface area contributed by atoms with Gasteiger partial charge in [0.1, 0.15) is 5.15 Å². The van der Waals surface area contributed by atoms with Crippen LogP contribution in [0.3, 0.4) is 0 Å². The Balaban J connectivity index is 2.02. The predicted molar refractivity (Wildman–Crippen MR) is 76.1 cm³/mol. The maximum atomic E-state index is 6.04. The summed E-state index contributed by atoms with van der Waals surface area (Å²) in [5.41, 5.74) is 1.04. The number of aryl methyl sites for hydroxylation is 1. The van der Waals surface area contributed by atoms with Crippen molar-refractivity contribution in [1.82, 2.24) is 9.97 Å². The number of nitrogens with one attached hydrogen (secondary N) is 1. The number of anilines is 1. The Kier molecular flexibility index (Phi) is 5.24. The first kappa shape index (κ1) is 13.6. The molecule has 3 nitrogen and oxygen atoms in total. The molecule has 0 aromatic carbocycles. The number of aromatic nitrogens is 2. The van der Waals surface area contributed by atoms with Crippen LogP contribution in [0.5, 0.6) is 0 Å².